The van der Waals surface area contributed by atoms with E-state index in [1.54, 1.807) is 0 Å². The highest BCUT2D eigenvalue weighted by atomic mass is 16.5. The fourth-order valence-electron chi connectivity index (χ4n) is 1.39. The van der Waals surface area contributed by atoms with E-state index in [0.717, 1.165) is 13.2 Å². The fourth-order valence-corrected chi connectivity index (χ4v) is 1.39. The molecule has 2 N–H and O–H groups in total. The molecule has 1 aliphatic heterocycles. The molecular formula is C8H15NO3. The van der Waals surface area contributed by atoms with Crippen molar-refractivity contribution in [2.75, 3.05) is 13.2 Å². The Kier molecular flexibility index (Phi) is 3.49. The monoisotopic (exact) mass is 173 g/mol. The topological polar surface area (TPSA) is 58.6 Å². The van der Waals surface area contributed by atoms with Crippen molar-refractivity contribution in [2.45, 2.75) is 31.9 Å². The Labute approximate surface area is 71.9 Å². The Morgan fingerprint density at radius 1 is 1.75 bits per heavy atom. The summed E-state index contributed by atoms with van der Waals surface area (Å²) in [5.74, 6) is -0.741. The lowest BCUT2D eigenvalue weighted by atomic mass is 10.1. The molecule has 2 unspecified atom stereocenters. The van der Waals surface area contributed by atoms with E-state index in [9.17, 15) is 4.79 Å². The van der Waals surface area contributed by atoms with E-state index in [1.165, 1.54) is 0 Å². The van der Waals surface area contributed by atoms with Crippen molar-refractivity contribution in [3.05, 3.63) is 0 Å². The maximum absolute atomic E-state index is 10.3. The highest BCUT2D eigenvalue weighted by Gasteiger charge is 2.21. The van der Waals surface area contributed by atoms with Crippen molar-refractivity contribution in [3.8, 4) is 0 Å². The van der Waals surface area contributed by atoms with Gasteiger partial charge in [0.05, 0.1) is 12.7 Å². The average Bonchev–Trinajstić information content (AvgIpc) is 2.03. The van der Waals surface area contributed by atoms with Gasteiger partial charge in [-0.1, -0.05) is 0 Å². The minimum atomic E-state index is -0.741. The van der Waals surface area contributed by atoms with Crippen LogP contribution in [0.25, 0.3) is 0 Å². The Bertz CT molecular complexity index is 160. The van der Waals surface area contributed by atoms with Crippen LogP contribution in [-0.4, -0.2) is 36.4 Å². The van der Waals surface area contributed by atoms with Gasteiger partial charge in [-0.15, -0.1) is 0 Å². The number of hydrogen-bond donors (Lipinski definition) is 2. The lowest BCUT2D eigenvalue weighted by Gasteiger charge is -2.29. The summed E-state index contributed by atoms with van der Waals surface area (Å²) in [6.45, 7) is 3.53. The molecule has 0 aliphatic carbocycles. The third-order valence-corrected chi connectivity index (χ3v) is 2.13. The number of aliphatic carboxylic acids is 1. The third kappa shape index (κ3) is 2.79. The van der Waals surface area contributed by atoms with Crippen LogP contribution in [0.1, 0.15) is 19.8 Å². The van der Waals surface area contributed by atoms with E-state index in [2.05, 4.69) is 5.32 Å². The van der Waals surface area contributed by atoms with Crippen LogP contribution in [0, 0.1) is 0 Å². The summed E-state index contributed by atoms with van der Waals surface area (Å²) in [6.07, 6.45) is 1.00. The van der Waals surface area contributed by atoms with Gasteiger partial charge in [-0.05, 0) is 13.3 Å². The molecule has 0 bridgehead atoms. The van der Waals surface area contributed by atoms with E-state index in [4.69, 9.17) is 9.84 Å². The summed E-state index contributed by atoms with van der Waals surface area (Å²) in [5, 5.41) is 11.7. The van der Waals surface area contributed by atoms with Gasteiger partial charge in [-0.3, -0.25) is 4.79 Å². The lowest BCUT2D eigenvalue weighted by Crippen LogP contribution is -2.47. The predicted octanol–water partition coefficient (Wildman–Crippen LogP) is 0.228. The molecule has 0 radical (unpaired) electrons. The van der Waals surface area contributed by atoms with E-state index in [0.29, 0.717) is 6.42 Å². The minimum absolute atomic E-state index is 0.137. The van der Waals surface area contributed by atoms with Crippen molar-refractivity contribution in [1.82, 2.24) is 5.32 Å². The Morgan fingerprint density at radius 2 is 2.50 bits per heavy atom. The van der Waals surface area contributed by atoms with Crippen LogP contribution in [0.4, 0.5) is 0 Å². The maximum Gasteiger partial charge on any atom is 0.303 e. The van der Waals surface area contributed by atoms with Crippen molar-refractivity contribution >= 4 is 5.97 Å². The van der Waals surface area contributed by atoms with Gasteiger partial charge < -0.3 is 15.2 Å². The van der Waals surface area contributed by atoms with Crippen LogP contribution >= 0.6 is 0 Å². The number of nitrogens with one attached hydrogen (secondary N) is 1. The molecule has 70 valence electrons. The molecule has 12 heavy (non-hydrogen) atoms. The van der Waals surface area contributed by atoms with Crippen LogP contribution in [0.5, 0.6) is 0 Å². The van der Waals surface area contributed by atoms with Gasteiger partial charge in [0, 0.05) is 19.0 Å². The Morgan fingerprint density at radius 3 is 3.08 bits per heavy atom. The Balaban J connectivity index is 2.24. The molecule has 0 aromatic heterocycles. The second kappa shape index (κ2) is 4.42. The van der Waals surface area contributed by atoms with Gasteiger partial charge in [-0.25, -0.2) is 0 Å². The molecule has 1 aliphatic rings. The molecule has 2 atom stereocenters. The van der Waals surface area contributed by atoms with Gasteiger partial charge >= 0.3 is 5.97 Å². The zero-order valence-corrected chi connectivity index (χ0v) is 7.25. The number of morpholine rings is 1. The molecule has 1 heterocycles. The first-order valence-electron chi connectivity index (χ1n) is 4.27. The van der Waals surface area contributed by atoms with Crippen LogP contribution in [-0.2, 0) is 9.53 Å². The minimum Gasteiger partial charge on any atom is -0.481 e. The molecule has 0 aromatic carbocycles. The van der Waals surface area contributed by atoms with E-state index in [1.807, 2.05) is 6.92 Å². The van der Waals surface area contributed by atoms with Crippen LogP contribution in [0.3, 0.4) is 0 Å². The molecule has 4 nitrogen and oxygen atoms in total. The SMILES string of the molecule is CC1OCCNC1CCC(=O)O. The van der Waals surface area contributed by atoms with Gasteiger partial charge in [-0.2, -0.15) is 0 Å². The lowest BCUT2D eigenvalue weighted by molar-refractivity contribution is -0.137. The number of hydrogen-bond acceptors (Lipinski definition) is 3. The first kappa shape index (κ1) is 9.48. The molecule has 0 aromatic rings. The molecule has 1 saturated heterocycles. The molecule has 0 spiro atoms. The number of ether oxygens (including phenoxy) is 1. The summed E-state index contributed by atoms with van der Waals surface area (Å²) in [5.41, 5.74) is 0. The normalized spacial score (nSPS) is 30.1. The summed E-state index contributed by atoms with van der Waals surface area (Å²) < 4.78 is 5.37. The van der Waals surface area contributed by atoms with Crippen LogP contribution in [0.15, 0.2) is 0 Å². The molecule has 1 rings (SSSR count). The Hall–Kier alpha value is -0.610. The zero-order valence-electron chi connectivity index (χ0n) is 7.25. The van der Waals surface area contributed by atoms with Gasteiger partial charge in [0.1, 0.15) is 0 Å². The van der Waals surface area contributed by atoms with Gasteiger partial charge in [0.25, 0.3) is 0 Å². The number of carbonyl (C=O) groups is 1. The van der Waals surface area contributed by atoms with E-state index >= 15 is 0 Å². The molecule has 4 heteroatoms. The first-order chi connectivity index (χ1) is 5.70. The van der Waals surface area contributed by atoms with Crippen molar-refractivity contribution in [1.29, 1.82) is 0 Å². The summed E-state index contributed by atoms with van der Waals surface area (Å²) in [7, 11) is 0. The second-order valence-electron chi connectivity index (χ2n) is 3.07. The smallest absolute Gasteiger partial charge is 0.303 e. The molecular weight excluding hydrogens is 158 g/mol. The summed E-state index contributed by atoms with van der Waals surface area (Å²) >= 11 is 0. The third-order valence-electron chi connectivity index (χ3n) is 2.13. The largest absolute Gasteiger partial charge is 0.481 e. The molecule has 1 fully saturated rings. The quantitative estimate of drug-likeness (QED) is 0.641. The van der Waals surface area contributed by atoms with Gasteiger partial charge in [0.15, 0.2) is 0 Å². The average molecular weight is 173 g/mol. The second-order valence-corrected chi connectivity index (χ2v) is 3.07. The number of carboxylic acids is 1. The summed E-state index contributed by atoms with van der Waals surface area (Å²) in [4.78, 5) is 10.3. The number of carboxylic acid groups (broad SMARTS) is 1. The predicted molar refractivity (Wildman–Crippen MR) is 44.1 cm³/mol. The van der Waals surface area contributed by atoms with Crippen LogP contribution in [0.2, 0.25) is 0 Å². The zero-order chi connectivity index (χ0) is 8.97. The highest BCUT2D eigenvalue weighted by molar-refractivity contribution is 5.66. The summed E-state index contributed by atoms with van der Waals surface area (Å²) in [6, 6.07) is 0.204. The van der Waals surface area contributed by atoms with E-state index < -0.39 is 5.97 Å². The highest BCUT2D eigenvalue weighted by Crippen LogP contribution is 2.09. The standard InChI is InChI=1S/C8H15NO3/c1-6-7(2-3-8(10)11)9-4-5-12-6/h6-7,9H,2-5H2,1H3,(H,10,11). The molecule has 0 amide bonds. The van der Waals surface area contributed by atoms with Crippen molar-refractivity contribution < 1.29 is 14.6 Å². The molecule has 0 saturated carbocycles. The maximum atomic E-state index is 10.3. The van der Waals surface area contributed by atoms with Gasteiger partial charge in [0.2, 0.25) is 0 Å². The van der Waals surface area contributed by atoms with Crippen molar-refractivity contribution in [3.63, 3.8) is 0 Å². The van der Waals surface area contributed by atoms with E-state index in [-0.39, 0.29) is 18.6 Å². The fraction of sp³-hybridized carbons (Fsp3) is 0.875. The van der Waals surface area contributed by atoms with Crippen LogP contribution < -0.4 is 5.32 Å². The number of rotatable bonds is 3. The first-order valence-corrected chi connectivity index (χ1v) is 4.27. The van der Waals surface area contributed by atoms with Crippen molar-refractivity contribution in [2.24, 2.45) is 0 Å².